The van der Waals surface area contributed by atoms with E-state index in [-0.39, 0.29) is 5.69 Å². The zero-order valence-electron chi connectivity index (χ0n) is 11.2. The van der Waals surface area contributed by atoms with Gasteiger partial charge in [-0.2, -0.15) is 10.2 Å². The van der Waals surface area contributed by atoms with Gasteiger partial charge >= 0.3 is 0 Å². The average molecular weight is 284 g/mol. The number of H-pyrrole nitrogens is 1. The summed E-state index contributed by atoms with van der Waals surface area (Å²) in [4.78, 5) is 14.6. The van der Waals surface area contributed by atoms with E-state index in [1.807, 2.05) is 13.1 Å². The van der Waals surface area contributed by atoms with E-state index in [4.69, 9.17) is 0 Å². The molecule has 0 saturated carbocycles. The van der Waals surface area contributed by atoms with Crippen molar-refractivity contribution in [3.05, 3.63) is 46.9 Å². The molecule has 2 heterocycles. The van der Waals surface area contributed by atoms with Crippen LogP contribution in [0.5, 0.6) is 0 Å². The molecule has 0 spiro atoms. The molecule has 8 nitrogen and oxygen atoms in total. The SMILES string of the molecule is CCn1cc(-c2ncn[nH]2)c(-c2cccc([N+](=O)[O-])c2)n1. The van der Waals surface area contributed by atoms with Gasteiger partial charge in [0.1, 0.15) is 12.0 Å². The zero-order chi connectivity index (χ0) is 14.8. The number of non-ortho nitro benzene ring substituents is 1. The molecule has 0 unspecified atom stereocenters. The molecule has 0 aliphatic carbocycles. The van der Waals surface area contributed by atoms with Crippen molar-refractivity contribution in [2.24, 2.45) is 0 Å². The third-order valence-electron chi connectivity index (χ3n) is 3.09. The predicted octanol–water partition coefficient (Wildman–Crippen LogP) is 2.26. The van der Waals surface area contributed by atoms with E-state index in [1.165, 1.54) is 18.5 Å². The Kier molecular flexibility index (Phi) is 3.19. The highest BCUT2D eigenvalue weighted by Gasteiger charge is 2.17. The normalized spacial score (nSPS) is 10.7. The molecule has 0 bridgehead atoms. The highest BCUT2D eigenvalue weighted by Crippen LogP contribution is 2.30. The Morgan fingerprint density at radius 2 is 2.29 bits per heavy atom. The number of hydrogen-bond acceptors (Lipinski definition) is 5. The monoisotopic (exact) mass is 284 g/mol. The molecule has 0 aliphatic heterocycles. The number of nitrogens with one attached hydrogen (secondary N) is 1. The maximum Gasteiger partial charge on any atom is 0.270 e. The molecule has 0 amide bonds. The molecule has 0 fully saturated rings. The van der Waals surface area contributed by atoms with Crippen LogP contribution in [0, 0.1) is 10.1 Å². The van der Waals surface area contributed by atoms with Gasteiger partial charge in [0.15, 0.2) is 5.82 Å². The second-order valence-corrected chi connectivity index (χ2v) is 4.39. The maximum atomic E-state index is 10.9. The second kappa shape index (κ2) is 5.16. The van der Waals surface area contributed by atoms with E-state index >= 15 is 0 Å². The number of aryl methyl sites for hydroxylation is 1. The van der Waals surface area contributed by atoms with Gasteiger partial charge in [0, 0.05) is 30.4 Å². The fraction of sp³-hybridized carbons (Fsp3) is 0.154. The summed E-state index contributed by atoms with van der Waals surface area (Å²) in [6, 6.07) is 6.38. The number of aromatic nitrogens is 5. The van der Waals surface area contributed by atoms with Crippen LogP contribution in [-0.2, 0) is 6.54 Å². The first-order valence-electron chi connectivity index (χ1n) is 6.37. The summed E-state index contributed by atoms with van der Waals surface area (Å²) < 4.78 is 1.76. The Balaban J connectivity index is 2.15. The zero-order valence-corrected chi connectivity index (χ0v) is 11.2. The predicted molar refractivity (Wildman–Crippen MR) is 75.4 cm³/mol. The van der Waals surface area contributed by atoms with Crippen LogP contribution in [0.3, 0.4) is 0 Å². The van der Waals surface area contributed by atoms with Gasteiger partial charge in [-0.1, -0.05) is 12.1 Å². The van der Waals surface area contributed by atoms with Crippen LogP contribution in [0.4, 0.5) is 5.69 Å². The highest BCUT2D eigenvalue weighted by atomic mass is 16.6. The Bertz CT molecular complexity index is 778. The maximum absolute atomic E-state index is 10.9. The van der Waals surface area contributed by atoms with Crippen molar-refractivity contribution < 1.29 is 4.92 Å². The van der Waals surface area contributed by atoms with Gasteiger partial charge in [-0.05, 0) is 6.92 Å². The summed E-state index contributed by atoms with van der Waals surface area (Å²) in [7, 11) is 0. The lowest BCUT2D eigenvalue weighted by Crippen LogP contribution is -1.94. The molecule has 3 rings (SSSR count). The minimum Gasteiger partial charge on any atom is -0.272 e. The molecule has 1 N–H and O–H groups in total. The highest BCUT2D eigenvalue weighted by molar-refractivity contribution is 5.77. The van der Waals surface area contributed by atoms with Crippen molar-refractivity contribution in [2.45, 2.75) is 13.5 Å². The number of benzene rings is 1. The number of hydrogen-bond donors (Lipinski definition) is 1. The summed E-state index contributed by atoms with van der Waals surface area (Å²) >= 11 is 0. The van der Waals surface area contributed by atoms with E-state index in [0.717, 1.165) is 5.56 Å². The number of nitro groups is 1. The van der Waals surface area contributed by atoms with Crippen LogP contribution >= 0.6 is 0 Å². The van der Waals surface area contributed by atoms with Crippen LogP contribution in [0.1, 0.15) is 6.92 Å². The first-order chi connectivity index (χ1) is 10.2. The minimum absolute atomic E-state index is 0.0297. The summed E-state index contributed by atoms with van der Waals surface area (Å²) in [5, 5.41) is 22.0. The number of rotatable bonds is 4. The lowest BCUT2D eigenvalue weighted by Gasteiger charge is -2.00. The number of nitrogens with zero attached hydrogens (tertiary/aromatic N) is 5. The minimum atomic E-state index is -0.422. The third-order valence-corrected chi connectivity index (χ3v) is 3.09. The Morgan fingerprint density at radius 1 is 1.43 bits per heavy atom. The Labute approximate surface area is 119 Å². The van der Waals surface area contributed by atoms with E-state index in [2.05, 4.69) is 20.3 Å². The van der Waals surface area contributed by atoms with Gasteiger partial charge in [-0.3, -0.25) is 19.9 Å². The summed E-state index contributed by atoms with van der Waals surface area (Å²) in [5.74, 6) is 0.580. The largest absolute Gasteiger partial charge is 0.272 e. The molecule has 106 valence electrons. The molecule has 3 aromatic rings. The molecular weight excluding hydrogens is 272 g/mol. The number of nitro benzene ring substituents is 1. The number of aromatic amines is 1. The molecule has 0 aliphatic rings. The topological polar surface area (TPSA) is 103 Å². The lowest BCUT2D eigenvalue weighted by molar-refractivity contribution is -0.384. The van der Waals surface area contributed by atoms with Crippen LogP contribution in [0.15, 0.2) is 36.8 Å². The summed E-state index contributed by atoms with van der Waals surface area (Å²) in [6.07, 6.45) is 3.25. The first kappa shape index (κ1) is 13.0. The van der Waals surface area contributed by atoms with Crippen molar-refractivity contribution in [1.82, 2.24) is 25.0 Å². The van der Waals surface area contributed by atoms with E-state index in [9.17, 15) is 10.1 Å². The van der Waals surface area contributed by atoms with Crippen LogP contribution in [-0.4, -0.2) is 29.9 Å². The van der Waals surface area contributed by atoms with E-state index in [0.29, 0.717) is 23.6 Å². The lowest BCUT2D eigenvalue weighted by atomic mass is 10.1. The third kappa shape index (κ3) is 2.38. The van der Waals surface area contributed by atoms with Crippen molar-refractivity contribution >= 4 is 5.69 Å². The van der Waals surface area contributed by atoms with Gasteiger partial charge in [-0.25, -0.2) is 4.98 Å². The quantitative estimate of drug-likeness (QED) is 0.584. The standard InChI is InChI=1S/C13H12N6O2/c1-2-18-7-11(13-14-8-15-16-13)12(17-18)9-4-3-5-10(6-9)19(20)21/h3-8H,2H2,1H3,(H,14,15,16). The molecule has 1 aromatic carbocycles. The Morgan fingerprint density at radius 3 is 2.95 bits per heavy atom. The van der Waals surface area contributed by atoms with Gasteiger partial charge in [0.05, 0.1) is 10.5 Å². The van der Waals surface area contributed by atoms with Crippen molar-refractivity contribution in [1.29, 1.82) is 0 Å². The fourth-order valence-corrected chi connectivity index (χ4v) is 2.07. The van der Waals surface area contributed by atoms with Crippen molar-refractivity contribution in [2.75, 3.05) is 0 Å². The first-order valence-corrected chi connectivity index (χ1v) is 6.37. The van der Waals surface area contributed by atoms with Gasteiger partial charge in [-0.15, -0.1) is 0 Å². The molecule has 21 heavy (non-hydrogen) atoms. The van der Waals surface area contributed by atoms with Gasteiger partial charge in [0.25, 0.3) is 5.69 Å². The van der Waals surface area contributed by atoms with Crippen LogP contribution in [0.25, 0.3) is 22.6 Å². The van der Waals surface area contributed by atoms with Gasteiger partial charge in [0.2, 0.25) is 0 Å². The summed E-state index contributed by atoms with van der Waals surface area (Å²) in [6.45, 7) is 2.66. The van der Waals surface area contributed by atoms with Crippen LogP contribution < -0.4 is 0 Å². The molecule has 0 atom stereocenters. The summed E-state index contributed by atoms with van der Waals surface area (Å²) in [5.41, 5.74) is 2.09. The average Bonchev–Trinajstić information content (AvgIpc) is 3.16. The van der Waals surface area contributed by atoms with Gasteiger partial charge < -0.3 is 0 Å². The van der Waals surface area contributed by atoms with Crippen molar-refractivity contribution in [3.63, 3.8) is 0 Å². The van der Waals surface area contributed by atoms with E-state index in [1.54, 1.807) is 16.8 Å². The molecule has 8 heteroatoms. The Hall–Kier alpha value is -3.03. The van der Waals surface area contributed by atoms with E-state index < -0.39 is 4.92 Å². The second-order valence-electron chi connectivity index (χ2n) is 4.39. The molecular formula is C13H12N6O2. The molecule has 0 saturated heterocycles. The van der Waals surface area contributed by atoms with Crippen LogP contribution in [0.2, 0.25) is 0 Å². The molecule has 0 radical (unpaired) electrons. The molecule has 2 aromatic heterocycles. The fourth-order valence-electron chi connectivity index (χ4n) is 2.07. The smallest absolute Gasteiger partial charge is 0.270 e. The van der Waals surface area contributed by atoms with Crippen molar-refractivity contribution in [3.8, 4) is 22.6 Å².